The van der Waals surface area contributed by atoms with E-state index in [2.05, 4.69) is 14.8 Å². The van der Waals surface area contributed by atoms with Crippen LogP contribution >= 0.6 is 0 Å². The third-order valence-corrected chi connectivity index (χ3v) is 5.55. The van der Waals surface area contributed by atoms with E-state index in [1.54, 1.807) is 48.5 Å². The molecule has 29 heavy (non-hydrogen) atoms. The van der Waals surface area contributed by atoms with E-state index in [0.29, 0.717) is 22.6 Å². The van der Waals surface area contributed by atoms with Crippen molar-refractivity contribution >= 4 is 16.0 Å². The van der Waals surface area contributed by atoms with Gasteiger partial charge >= 0.3 is 5.97 Å². The number of nitrogens with zero attached hydrogens (tertiary/aromatic N) is 3. The minimum atomic E-state index is -3.99. The molecule has 0 aliphatic heterocycles. The van der Waals surface area contributed by atoms with E-state index in [4.69, 9.17) is 9.47 Å². The van der Waals surface area contributed by atoms with Crippen LogP contribution in [-0.2, 0) is 20.5 Å². The molecule has 152 valence electrons. The molecule has 0 radical (unpaired) electrons. The van der Waals surface area contributed by atoms with E-state index < -0.39 is 16.0 Å². The zero-order valence-corrected chi connectivity index (χ0v) is 16.8. The first-order valence-electron chi connectivity index (χ1n) is 8.44. The molecule has 10 heteroatoms. The molecule has 0 aliphatic carbocycles. The number of methoxy groups -OCH3 is 3. The summed E-state index contributed by atoms with van der Waals surface area (Å²) in [6.07, 6.45) is 0. The van der Waals surface area contributed by atoms with E-state index in [-0.39, 0.29) is 17.4 Å². The Morgan fingerprint density at radius 2 is 1.48 bits per heavy atom. The second-order valence-electron chi connectivity index (χ2n) is 5.93. The number of aromatic nitrogens is 3. The minimum Gasteiger partial charge on any atom is -0.497 e. The van der Waals surface area contributed by atoms with E-state index in [9.17, 15) is 13.2 Å². The van der Waals surface area contributed by atoms with Crippen molar-refractivity contribution in [3.8, 4) is 22.9 Å². The summed E-state index contributed by atoms with van der Waals surface area (Å²) < 4.78 is 41.7. The van der Waals surface area contributed by atoms with Crippen LogP contribution in [0.3, 0.4) is 0 Å². The molecule has 3 aromatic rings. The fourth-order valence-electron chi connectivity index (χ4n) is 2.58. The van der Waals surface area contributed by atoms with Gasteiger partial charge in [0, 0.05) is 5.56 Å². The minimum absolute atomic E-state index is 0.00145. The molecule has 1 aromatic heterocycles. The molecule has 0 saturated carbocycles. The third-order valence-electron chi connectivity index (χ3n) is 4.07. The molecule has 0 atom stereocenters. The lowest BCUT2D eigenvalue weighted by Crippen LogP contribution is -2.18. The predicted octanol–water partition coefficient (Wildman–Crippen LogP) is 2.13. The van der Waals surface area contributed by atoms with Crippen LogP contribution in [0.4, 0.5) is 0 Å². The Kier molecular flexibility index (Phi) is 5.83. The average molecular weight is 417 g/mol. The standard InChI is InChI=1S/C19H19N3O6S/c1-26-15-8-4-13(5-9-15)12-29(24,25)22-18(20-17(21-22)19(23)28-3)14-6-10-16(27-2)11-7-14/h4-11H,12H2,1-3H3. The van der Waals surface area contributed by atoms with Gasteiger partial charge < -0.3 is 14.2 Å². The zero-order chi connectivity index (χ0) is 21.0. The molecule has 0 fully saturated rings. The van der Waals surface area contributed by atoms with E-state index in [1.807, 2.05) is 0 Å². The van der Waals surface area contributed by atoms with Crippen molar-refractivity contribution in [1.82, 2.24) is 14.2 Å². The van der Waals surface area contributed by atoms with Crippen molar-refractivity contribution < 1.29 is 27.4 Å². The number of carbonyl (C=O) groups is 1. The van der Waals surface area contributed by atoms with Gasteiger partial charge in [-0.1, -0.05) is 12.1 Å². The lowest BCUT2D eigenvalue weighted by Gasteiger charge is -2.09. The summed E-state index contributed by atoms with van der Waals surface area (Å²) in [5.41, 5.74) is 0.980. The SMILES string of the molecule is COC(=O)c1nc(-c2ccc(OC)cc2)n(S(=O)(=O)Cc2ccc(OC)cc2)n1. The highest BCUT2D eigenvalue weighted by Crippen LogP contribution is 2.24. The highest BCUT2D eigenvalue weighted by atomic mass is 32.2. The Morgan fingerprint density at radius 1 is 0.931 bits per heavy atom. The molecule has 0 bridgehead atoms. The maximum Gasteiger partial charge on any atom is 0.378 e. The lowest BCUT2D eigenvalue weighted by molar-refractivity contribution is 0.0587. The first-order chi connectivity index (χ1) is 13.9. The fraction of sp³-hybridized carbons (Fsp3) is 0.211. The number of esters is 1. The molecular weight excluding hydrogens is 398 g/mol. The van der Waals surface area contributed by atoms with Gasteiger partial charge in [0.1, 0.15) is 11.5 Å². The molecule has 0 N–H and O–H groups in total. The number of hydrogen-bond acceptors (Lipinski definition) is 8. The van der Waals surface area contributed by atoms with Crippen molar-refractivity contribution in [2.24, 2.45) is 0 Å². The van der Waals surface area contributed by atoms with Crippen molar-refractivity contribution in [1.29, 1.82) is 0 Å². The molecule has 9 nitrogen and oxygen atoms in total. The van der Waals surface area contributed by atoms with Crippen LogP contribution in [0.5, 0.6) is 11.5 Å². The summed E-state index contributed by atoms with van der Waals surface area (Å²) in [4.78, 5) is 16.0. The van der Waals surface area contributed by atoms with Gasteiger partial charge in [0.25, 0.3) is 15.8 Å². The number of hydrogen-bond donors (Lipinski definition) is 0. The van der Waals surface area contributed by atoms with E-state index >= 15 is 0 Å². The Hall–Kier alpha value is -3.40. The lowest BCUT2D eigenvalue weighted by atomic mass is 10.2. The molecular formula is C19H19N3O6S. The molecule has 1 heterocycles. The van der Waals surface area contributed by atoms with Gasteiger partial charge in [0.15, 0.2) is 5.82 Å². The van der Waals surface area contributed by atoms with Gasteiger partial charge in [0.05, 0.1) is 27.1 Å². The molecule has 0 amide bonds. The number of ether oxygens (including phenoxy) is 3. The number of benzene rings is 2. The largest absolute Gasteiger partial charge is 0.497 e. The van der Waals surface area contributed by atoms with Crippen molar-refractivity contribution in [3.63, 3.8) is 0 Å². The monoisotopic (exact) mass is 417 g/mol. The van der Waals surface area contributed by atoms with Crippen LogP contribution in [0, 0.1) is 0 Å². The van der Waals surface area contributed by atoms with Crippen LogP contribution in [0.1, 0.15) is 16.2 Å². The van der Waals surface area contributed by atoms with Crippen molar-refractivity contribution in [2.75, 3.05) is 21.3 Å². The molecule has 0 unspecified atom stereocenters. The maximum atomic E-state index is 13.0. The smallest absolute Gasteiger partial charge is 0.378 e. The summed E-state index contributed by atoms with van der Waals surface area (Å²) in [5.74, 6) is -0.325. The summed E-state index contributed by atoms with van der Waals surface area (Å²) in [7, 11) is 0.228. The topological polar surface area (TPSA) is 110 Å². The summed E-state index contributed by atoms with van der Waals surface area (Å²) in [6.45, 7) is 0. The second kappa shape index (κ2) is 8.31. The second-order valence-corrected chi connectivity index (χ2v) is 7.72. The highest BCUT2D eigenvalue weighted by Gasteiger charge is 2.26. The Labute approximate surface area is 167 Å². The first-order valence-corrected chi connectivity index (χ1v) is 10.0. The molecule has 0 saturated heterocycles. The maximum absolute atomic E-state index is 13.0. The summed E-state index contributed by atoms with van der Waals surface area (Å²) in [5, 5.41) is 3.89. The van der Waals surface area contributed by atoms with Crippen LogP contribution in [0.15, 0.2) is 48.5 Å². The third kappa shape index (κ3) is 4.37. The molecule has 3 rings (SSSR count). The van der Waals surface area contributed by atoms with E-state index in [1.165, 1.54) is 21.3 Å². The van der Waals surface area contributed by atoms with Crippen LogP contribution in [0.25, 0.3) is 11.4 Å². The van der Waals surface area contributed by atoms with Gasteiger partial charge in [-0.15, -0.1) is 9.19 Å². The van der Waals surface area contributed by atoms with Crippen molar-refractivity contribution in [2.45, 2.75) is 5.75 Å². The zero-order valence-electron chi connectivity index (χ0n) is 16.0. The summed E-state index contributed by atoms with van der Waals surface area (Å²) >= 11 is 0. The van der Waals surface area contributed by atoms with Crippen LogP contribution < -0.4 is 9.47 Å². The first kappa shape index (κ1) is 20.3. The van der Waals surface area contributed by atoms with Crippen LogP contribution in [0.2, 0.25) is 0 Å². The van der Waals surface area contributed by atoms with Gasteiger partial charge in [-0.05, 0) is 42.0 Å². The van der Waals surface area contributed by atoms with Crippen LogP contribution in [-0.4, -0.2) is 49.9 Å². The molecule has 2 aromatic carbocycles. The quantitative estimate of drug-likeness (QED) is 0.538. The fourth-order valence-corrected chi connectivity index (χ4v) is 3.93. The normalized spacial score (nSPS) is 11.1. The average Bonchev–Trinajstić information content (AvgIpc) is 3.20. The predicted molar refractivity (Wildman–Crippen MR) is 104 cm³/mol. The van der Waals surface area contributed by atoms with Gasteiger partial charge in [-0.3, -0.25) is 0 Å². The van der Waals surface area contributed by atoms with Gasteiger partial charge in [0.2, 0.25) is 0 Å². The number of rotatable bonds is 7. The Balaban J connectivity index is 2.04. The van der Waals surface area contributed by atoms with Crippen molar-refractivity contribution in [3.05, 3.63) is 59.9 Å². The molecule has 0 aliphatic rings. The molecule has 0 spiro atoms. The summed E-state index contributed by atoms with van der Waals surface area (Å²) in [6, 6.07) is 13.2. The Morgan fingerprint density at radius 3 is 2.00 bits per heavy atom. The number of carbonyl (C=O) groups excluding carboxylic acids is 1. The van der Waals surface area contributed by atoms with Gasteiger partial charge in [-0.25, -0.2) is 13.2 Å². The Bertz CT molecular complexity index is 1110. The van der Waals surface area contributed by atoms with E-state index in [0.717, 1.165) is 4.09 Å². The highest BCUT2D eigenvalue weighted by molar-refractivity contribution is 7.89. The van der Waals surface area contributed by atoms with Gasteiger partial charge in [-0.2, -0.15) is 4.98 Å².